The van der Waals surface area contributed by atoms with E-state index in [0.717, 1.165) is 0 Å². The Labute approximate surface area is 121 Å². The minimum absolute atomic E-state index is 0.142. The second-order valence-electron chi connectivity index (χ2n) is 3.99. The summed E-state index contributed by atoms with van der Waals surface area (Å²) in [5.74, 6) is -2.17. The van der Waals surface area contributed by atoms with Gasteiger partial charge in [0.15, 0.2) is 0 Å². The molecule has 0 aliphatic heterocycles. The number of esters is 2. The van der Waals surface area contributed by atoms with E-state index in [4.69, 9.17) is 9.84 Å². The molecule has 110 valence electrons. The molecule has 1 aromatic carbocycles. The molecule has 0 heterocycles. The number of rotatable bonds is 6. The molecule has 1 rings (SSSR count). The zero-order valence-corrected chi connectivity index (χ0v) is 11.4. The monoisotopic (exact) mass is 290 g/mol. The number of hydrogen-bond acceptors (Lipinski definition) is 5. The first-order valence-corrected chi connectivity index (χ1v) is 5.90. The van der Waals surface area contributed by atoms with Gasteiger partial charge in [0.1, 0.15) is 5.75 Å². The molecule has 0 spiro atoms. The van der Waals surface area contributed by atoms with Crippen LogP contribution in [-0.2, 0) is 19.1 Å². The average molecular weight is 290 g/mol. The van der Waals surface area contributed by atoms with Crippen LogP contribution >= 0.6 is 0 Å². The second-order valence-corrected chi connectivity index (χ2v) is 3.99. The van der Waals surface area contributed by atoms with Crippen molar-refractivity contribution in [2.24, 2.45) is 0 Å². The number of carbonyl (C=O) groups is 3. The third-order valence-electron chi connectivity index (χ3n) is 2.36. The van der Waals surface area contributed by atoms with Gasteiger partial charge in [0.05, 0.1) is 13.5 Å². The zero-order valence-electron chi connectivity index (χ0n) is 11.4. The first-order chi connectivity index (χ1) is 9.92. The highest BCUT2D eigenvalue weighted by atomic mass is 16.5. The summed E-state index contributed by atoms with van der Waals surface area (Å²) < 4.78 is 9.41. The van der Waals surface area contributed by atoms with Gasteiger partial charge in [-0.1, -0.05) is 18.7 Å². The molecule has 0 fully saturated rings. The number of methoxy groups -OCH3 is 1. The lowest BCUT2D eigenvalue weighted by atomic mass is 10.2. The molecule has 21 heavy (non-hydrogen) atoms. The van der Waals surface area contributed by atoms with E-state index in [2.05, 4.69) is 11.3 Å². The fourth-order valence-corrected chi connectivity index (χ4v) is 1.31. The van der Waals surface area contributed by atoms with E-state index in [1.54, 1.807) is 18.2 Å². The van der Waals surface area contributed by atoms with Crippen LogP contribution in [0.3, 0.4) is 0 Å². The van der Waals surface area contributed by atoms with Gasteiger partial charge in [-0.05, 0) is 23.8 Å². The second kappa shape index (κ2) is 7.64. The van der Waals surface area contributed by atoms with Crippen molar-refractivity contribution in [3.8, 4) is 5.75 Å². The van der Waals surface area contributed by atoms with Crippen molar-refractivity contribution in [2.45, 2.75) is 6.42 Å². The summed E-state index contributed by atoms with van der Waals surface area (Å²) in [7, 11) is 1.28. The highest BCUT2D eigenvalue weighted by molar-refractivity contribution is 5.94. The van der Waals surface area contributed by atoms with Gasteiger partial charge in [0.2, 0.25) is 0 Å². The lowest BCUT2D eigenvalue weighted by Gasteiger charge is -2.05. The number of carboxylic acids is 1. The van der Waals surface area contributed by atoms with Gasteiger partial charge in [0.25, 0.3) is 0 Å². The maximum atomic E-state index is 11.5. The molecular weight excluding hydrogens is 276 g/mol. The summed E-state index contributed by atoms with van der Waals surface area (Å²) in [4.78, 5) is 32.9. The van der Waals surface area contributed by atoms with Gasteiger partial charge in [-0.15, -0.1) is 0 Å². The molecule has 1 N–H and O–H groups in total. The Morgan fingerprint density at radius 1 is 1.24 bits per heavy atom. The predicted octanol–water partition coefficient (Wildman–Crippen LogP) is 1.81. The SMILES string of the molecule is C=C(CC(=O)O)C(=O)Oc1ccc(/C=C/C(=O)OC)cc1. The van der Waals surface area contributed by atoms with E-state index >= 15 is 0 Å². The van der Waals surface area contributed by atoms with E-state index in [-0.39, 0.29) is 11.3 Å². The van der Waals surface area contributed by atoms with Crippen LogP contribution in [0, 0.1) is 0 Å². The van der Waals surface area contributed by atoms with Crippen LogP contribution in [0.15, 0.2) is 42.5 Å². The smallest absolute Gasteiger partial charge is 0.339 e. The molecular formula is C15H14O6. The van der Waals surface area contributed by atoms with Crippen molar-refractivity contribution in [1.29, 1.82) is 0 Å². The minimum atomic E-state index is -1.15. The summed E-state index contributed by atoms with van der Waals surface area (Å²) in [6, 6.07) is 6.29. The van der Waals surface area contributed by atoms with Crippen LogP contribution in [-0.4, -0.2) is 30.1 Å². The molecule has 0 aliphatic rings. The van der Waals surface area contributed by atoms with Gasteiger partial charge >= 0.3 is 17.9 Å². The van der Waals surface area contributed by atoms with Crippen molar-refractivity contribution in [2.75, 3.05) is 7.11 Å². The fraction of sp³-hybridized carbons (Fsp3) is 0.133. The third kappa shape index (κ3) is 5.73. The summed E-state index contributed by atoms with van der Waals surface area (Å²) >= 11 is 0. The number of benzene rings is 1. The van der Waals surface area contributed by atoms with E-state index in [9.17, 15) is 14.4 Å². The molecule has 0 bridgehead atoms. The normalized spacial score (nSPS) is 10.1. The van der Waals surface area contributed by atoms with Gasteiger partial charge in [-0.3, -0.25) is 4.79 Å². The molecule has 0 saturated carbocycles. The fourth-order valence-electron chi connectivity index (χ4n) is 1.31. The first-order valence-electron chi connectivity index (χ1n) is 5.90. The lowest BCUT2D eigenvalue weighted by Crippen LogP contribution is -2.13. The number of aliphatic carboxylic acids is 1. The minimum Gasteiger partial charge on any atom is -0.481 e. The molecule has 0 unspecified atom stereocenters. The summed E-state index contributed by atoms with van der Waals surface area (Å²) in [5.41, 5.74) is 0.571. The quantitative estimate of drug-likeness (QED) is 0.488. The van der Waals surface area contributed by atoms with Crippen LogP contribution in [0.5, 0.6) is 5.75 Å². The molecule has 6 heteroatoms. The number of ether oxygens (including phenoxy) is 2. The van der Waals surface area contributed by atoms with Crippen molar-refractivity contribution in [3.63, 3.8) is 0 Å². The Hall–Kier alpha value is -2.89. The van der Waals surface area contributed by atoms with Gasteiger partial charge < -0.3 is 14.6 Å². The Morgan fingerprint density at radius 2 is 1.86 bits per heavy atom. The molecule has 6 nitrogen and oxygen atoms in total. The number of carboxylic acid groups (broad SMARTS) is 1. The van der Waals surface area contributed by atoms with E-state index in [0.29, 0.717) is 5.56 Å². The van der Waals surface area contributed by atoms with Crippen LogP contribution in [0.1, 0.15) is 12.0 Å². The Morgan fingerprint density at radius 3 is 2.38 bits per heavy atom. The zero-order chi connectivity index (χ0) is 15.8. The average Bonchev–Trinajstić information content (AvgIpc) is 2.45. The van der Waals surface area contributed by atoms with Crippen molar-refractivity contribution in [3.05, 3.63) is 48.1 Å². The largest absolute Gasteiger partial charge is 0.481 e. The van der Waals surface area contributed by atoms with Crippen LogP contribution in [0.25, 0.3) is 6.08 Å². The van der Waals surface area contributed by atoms with Crippen molar-refractivity contribution in [1.82, 2.24) is 0 Å². The molecule has 0 aromatic heterocycles. The van der Waals surface area contributed by atoms with Crippen molar-refractivity contribution >= 4 is 24.0 Å². The Balaban J connectivity index is 2.64. The van der Waals surface area contributed by atoms with Crippen LogP contribution in [0.2, 0.25) is 0 Å². The van der Waals surface area contributed by atoms with Crippen molar-refractivity contribution < 1.29 is 29.0 Å². The first kappa shape index (κ1) is 16.2. The van der Waals surface area contributed by atoms with E-state index in [1.165, 1.54) is 25.3 Å². The van der Waals surface area contributed by atoms with E-state index < -0.39 is 24.3 Å². The lowest BCUT2D eigenvalue weighted by molar-refractivity contribution is -0.138. The standard InChI is InChI=1S/C15H14O6/c1-10(9-13(16)17)15(19)21-12-6-3-11(4-7-12)5-8-14(18)20-2/h3-8H,1,9H2,2H3,(H,16,17)/b8-5+. The molecule has 0 amide bonds. The maximum Gasteiger partial charge on any atom is 0.339 e. The summed E-state index contributed by atoms with van der Waals surface area (Å²) in [5, 5.41) is 8.55. The maximum absolute atomic E-state index is 11.5. The van der Waals surface area contributed by atoms with Gasteiger partial charge in [-0.2, -0.15) is 0 Å². The topological polar surface area (TPSA) is 89.9 Å². The molecule has 0 radical (unpaired) electrons. The Bertz CT molecular complexity index is 583. The summed E-state index contributed by atoms with van der Waals surface area (Å²) in [6.45, 7) is 3.35. The highest BCUT2D eigenvalue weighted by Gasteiger charge is 2.13. The molecule has 0 atom stereocenters. The van der Waals surface area contributed by atoms with Gasteiger partial charge in [0, 0.05) is 11.6 Å². The molecule has 1 aromatic rings. The van der Waals surface area contributed by atoms with Crippen LogP contribution in [0.4, 0.5) is 0 Å². The van der Waals surface area contributed by atoms with E-state index in [1.807, 2.05) is 0 Å². The Kier molecular flexibility index (Phi) is 5.88. The third-order valence-corrected chi connectivity index (χ3v) is 2.36. The van der Waals surface area contributed by atoms with Gasteiger partial charge in [-0.25, -0.2) is 9.59 Å². The number of carbonyl (C=O) groups excluding carboxylic acids is 2. The summed E-state index contributed by atoms with van der Waals surface area (Å²) in [6.07, 6.45) is 2.33. The number of hydrogen-bond donors (Lipinski definition) is 1. The predicted molar refractivity (Wildman–Crippen MR) is 74.5 cm³/mol. The van der Waals surface area contributed by atoms with Crippen LogP contribution < -0.4 is 4.74 Å². The molecule has 0 saturated heterocycles. The highest BCUT2D eigenvalue weighted by Crippen LogP contribution is 2.15. The molecule has 0 aliphatic carbocycles.